The number of benzene rings is 1. The third kappa shape index (κ3) is 3.22. The Kier molecular flexibility index (Phi) is 5.56. The summed E-state index contributed by atoms with van der Waals surface area (Å²) >= 11 is 3.25. The normalized spacial score (nSPS) is 19.3. The van der Waals surface area contributed by atoms with Crippen LogP contribution < -0.4 is 5.32 Å². The van der Waals surface area contributed by atoms with Crippen LogP contribution in [-0.2, 0) is 0 Å². The number of nitrogens with zero attached hydrogens (tertiary/aromatic N) is 1. The van der Waals surface area contributed by atoms with Gasteiger partial charge >= 0.3 is 0 Å². The Morgan fingerprint density at radius 3 is 2.94 bits per heavy atom. The molecular weight excluding hydrogens is 322 g/mol. The van der Waals surface area contributed by atoms with Gasteiger partial charge in [0.25, 0.3) is 5.91 Å². The van der Waals surface area contributed by atoms with Gasteiger partial charge in [0.05, 0.1) is 5.56 Å². The SMILES string of the molecule is C[C@@H]1CNCCN1C(=O)c1cc(Br)ccc1F.Cl. The average molecular weight is 338 g/mol. The molecule has 1 heterocycles. The molecule has 1 aliphatic rings. The third-order valence-corrected chi connectivity index (χ3v) is 3.41. The van der Waals surface area contributed by atoms with Crippen LogP contribution in [0.15, 0.2) is 22.7 Å². The van der Waals surface area contributed by atoms with Gasteiger partial charge in [-0.2, -0.15) is 0 Å². The zero-order chi connectivity index (χ0) is 12.4. The van der Waals surface area contributed by atoms with E-state index in [1.54, 1.807) is 11.0 Å². The standard InChI is InChI=1S/C12H14BrFN2O.ClH/c1-8-7-15-4-5-16(8)12(17)10-6-9(13)2-3-11(10)14;/h2-3,6,8,15H,4-5,7H2,1H3;1H/t8-;/m1./s1. The van der Waals surface area contributed by atoms with Crippen LogP contribution in [0.4, 0.5) is 4.39 Å². The minimum Gasteiger partial charge on any atom is -0.333 e. The summed E-state index contributed by atoms with van der Waals surface area (Å²) in [7, 11) is 0. The summed E-state index contributed by atoms with van der Waals surface area (Å²) in [4.78, 5) is 13.9. The summed E-state index contributed by atoms with van der Waals surface area (Å²) in [5, 5.41) is 3.20. The van der Waals surface area contributed by atoms with Crippen molar-refractivity contribution in [1.29, 1.82) is 0 Å². The molecule has 0 bridgehead atoms. The minimum atomic E-state index is -0.469. The van der Waals surface area contributed by atoms with Gasteiger partial charge in [0.1, 0.15) is 5.82 Å². The molecule has 1 aliphatic heterocycles. The van der Waals surface area contributed by atoms with Gasteiger partial charge in [-0.1, -0.05) is 15.9 Å². The van der Waals surface area contributed by atoms with Crippen LogP contribution in [0.1, 0.15) is 17.3 Å². The second-order valence-corrected chi connectivity index (χ2v) is 5.09. The fraction of sp³-hybridized carbons (Fsp3) is 0.417. The van der Waals surface area contributed by atoms with Gasteiger partial charge < -0.3 is 10.2 Å². The predicted octanol–water partition coefficient (Wildman–Crippen LogP) is 2.44. The highest BCUT2D eigenvalue weighted by molar-refractivity contribution is 9.10. The molecule has 0 aromatic heterocycles. The van der Waals surface area contributed by atoms with Gasteiger partial charge in [-0.3, -0.25) is 4.79 Å². The summed E-state index contributed by atoms with van der Waals surface area (Å²) in [6, 6.07) is 4.53. The van der Waals surface area contributed by atoms with Crippen molar-refractivity contribution >= 4 is 34.2 Å². The Morgan fingerprint density at radius 2 is 2.28 bits per heavy atom. The second-order valence-electron chi connectivity index (χ2n) is 4.18. The Morgan fingerprint density at radius 1 is 1.56 bits per heavy atom. The zero-order valence-electron chi connectivity index (χ0n) is 9.95. The lowest BCUT2D eigenvalue weighted by atomic mass is 10.1. The smallest absolute Gasteiger partial charge is 0.257 e. The van der Waals surface area contributed by atoms with Crippen LogP contribution in [0, 0.1) is 5.82 Å². The maximum atomic E-state index is 13.6. The molecule has 0 radical (unpaired) electrons. The number of hydrogen-bond acceptors (Lipinski definition) is 2. The lowest BCUT2D eigenvalue weighted by molar-refractivity contribution is 0.0651. The predicted molar refractivity (Wildman–Crippen MR) is 74.7 cm³/mol. The highest BCUT2D eigenvalue weighted by atomic mass is 79.9. The van der Waals surface area contributed by atoms with Crippen LogP contribution >= 0.6 is 28.3 Å². The molecule has 1 amide bonds. The molecule has 2 rings (SSSR count). The fourth-order valence-electron chi connectivity index (χ4n) is 1.96. The van der Waals surface area contributed by atoms with Crippen LogP contribution in [0.3, 0.4) is 0 Å². The molecule has 1 aromatic rings. The lowest BCUT2D eigenvalue weighted by Gasteiger charge is -2.34. The van der Waals surface area contributed by atoms with Crippen LogP contribution in [0.2, 0.25) is 0 Å². The van der Waals surface area contributed by atoms with Gasteiger partial charge in [0.2, 0.25) is 0 Å². The highest BCUT2D eigenvalue weighted by Crippen LogP contribution is 2.18. The van der Waals surface area contributed by atoms with E-state index in [-0.39, 0.29) is 29.9 Å². The van der Waals surface area contributed by atoms with E-state index < -0.39 is 5.82 Å². The van der Waals surface area contributed by atoms with Crippen molar-refractivity contribution in [3.63, 3.8) is 0 Å². The van der Waals surface area contributed by atoms with E-state index in [4.69, 9.17) is 0 Å². The van der Waals surface area contributed by atoms with E-state index in [0.717, 1.165) is 13.1 Å². The number of carbonyl (C=O) groups excluding carboxylic acids is 1. The third-order valence-electron chi connectivity index (χ3n) is 2.92. The van der Waals surface area contributed by atoms with Crippen LogP contribution in [0.25, 0.3) is 0 Å². The van der Waals surface area contributed by atoms with Gasteiger partial charge in [-0.15, -0.1) is 12.4 Å². The lowest BCUT2D eigenvalue weighted by Crippen LogP contribution is -2.52. The number of rotatable bonds is 1. The van der Waals surface area contributed by atoms with Gasteiger partial charge in [-0.05, 0) is 25.1 Å². The maximum absolute atomic E-state index is 13.6. The Hall–Kier alpha value is -0.650. The molecule has 3 nitrogen and oxygen atoms in total. The average Bonchev–Trinajstić information content (AvgIpc) is 2.32. The molecule has 0 unspecified atom stereocenters. The monoisotopic (exact) mass is 336 g/mol. The molecular formula is C12H15BrClFN2O. The highest BCUT2D eigenvalue weighted by Gasteiger charge is 2.25. The molecule has 0 spiro atoms. The van der Waals surface area contributed by atoms with Crippen LogP contribution in [-0.4, -0.2) is 36.5 Å². The number of hydrogen-bond donors (Lipinski definition) is 1. The van der Waals surface area contributed by atoms with E-state index >= 15 is 0 Å². The fourth-order valence-corrected chi connectivity index (χ4v) is 2.32. The molecule has 1 N–H and O–H groups in total. The zero-order valence-corrected chi connectivity index (χ0v) is 12.4. The topological polar surface area (TPSA) is 32.3 Å². The Balaban J connectivity index is 0.00000162. The molecule has 1 saturated heterocycles. The van der Waals surface area contributed by atoms with Crippen molar-refractivity contribution in [1.82, 2.24) is 10.2 Å². The molecule has 0 aliphatic carbocycles. The summed E-state index contributed by atoms with van der Waals surface area (Å²) < 4.78 is 14.3. The summed E-state index contributed by atoms with van der Waals surface area (Å²) in [6.07, 6.45) is 0. The van der Waals surface area contributed by atoms with Crippen molar-refractivity contribution in [2.45, 2.75) is 13.0 Å². The molecule has 1 fully saturated rings. The first kappa shape index (κ1) is 15.4. The van der Waals surface area contributed by atoms with E-state index in [2.05, 4.69) is 21.2 Å². The number of carbonyl (C=O) groups is 1. The number of amides is 1. The first-order chi connectivity index (χ1) is 8.09. The Labute approximate surface area is 120 Å². The second kappa shape index (κ2) is 6.50. The number of halogens is 3. The quantitative estimate of drug-likeness (QED) is 0.854. The van der Waals surface area contributed by atoms with Gasteiger partial charge in [-0.25, -0.2) is 4.39 Å². The van der Waals surface area contributed by atoms with Crippen molar-refractivity contribution in [2.24, 2.45) is 0 Å². The van der Waals surface area contributed by atoms with Crippen molar-refractivity contribution in [3.8, 4) is 0 Å². The Bertz CT molecular complexity index is 444. The van der Waals surface area contributed by atoms with Crippen molar-refractivity contribution in [3.05, 3.63) is 34.1 Å². The molecule has 1 atom stereocenters. The molecule has 18 heavy (non-hydrogen) atoms. The number of piperazine rings is 1. The molecule has 6 heteroatoms. The van der Waals surface area contributed by atoms with Crippen molar-refractivity contribution < 1.29 is 9.18 Å². The van der Waals surface area contributed by atoms with E-state index in [9.17, 15) is 9.18 Å². The maximum Gasteiger partial charge on any atom is 0.257 e. The first-order valence-corrected chi connectivity index (χ1v) is 6.35. The molecule has 0 saturated carbocycles. The largest absolute Gasteiger partial charge is 0.333 e. The minimum absolute atomic E-state index is 0. The number of nitrogens with one attached hydrogen (secondary N) is 1. The molecule has 100 valence electrons. The molecule has 1 aromatic carbocycles. The van der Waals surface area contributed by atoms with Crippen molar-refractivity contribution in [2.75, 3.05) is 19.6 Å². The summed E-state index contributed by atoms with van der Waals surface area (Å²) in [5.41, 5.74) is 0.133. The van der Waals surface area contributed by atoms with E-state index in [0.29, 0.717) is 11.0 Å². The van der Waals surface area contributed by atoms with Gasteiger partial charge in [0, 0.05) is 30.1 Å². The van der Waals surface area contributed by atoms with E-state index in [1.807, 2.05) is 6.92 Å². The van der Waals surface area contributed by atoms with Crippen LogP contribution in [0.5, 0.6) is 0 Å². The van der Waals surface area contributed by atoms with E-state index in [1.165, 1.54) is 12.1 Å². The van der Waals surface area contributed by atoms with Gasteiger partial charge in [0.15, 0.2) is 0 Å². The summed E-state index contributed by atoms with van der Waals surface area (Å²) in [5.74, 6) is -0.707. The first-order valence-electron chi connectivity index (χ1n) is 5.56. The summed E-state index contributed by atoms with van der Waals surface area (Å²) in [6.45, 7) is 4.08.